The Morgan fingerprint density at radius 1 is 1.42 bits per heavy atom. The summed E-state index contributed by atoms with van der Waals surface area (Å²) in [5.74, 6) is 0.579. The molecule has 0 aliphatic carbocycles. The smallest absolute Gasteiger partial charge is 0.420 e. The van der Waals surface area contributed by atoms with Gasteiger partial charge >= 0.3 is 12.1 Å². The summed E-state index contributed by atoms with van der Waals surface area (Å²) >= 11 is 0. The lowest BCUT2D eigenvalue weighted by atomic mass is 10.0. The third kappa shape index (κ3) is 2.32. The number of hydrogen-bond donors (Lipinski definition) is 1. The van der Waals surface area contributed by atoms with Crippen LogP contribution in [0.25, 0.3) is 22.2 Å². The predicted octanol–water partition coefficient (Wildman–Crippen LogP) is 3.05. The van der Waals surface area contributed by atoms with Gasteiger partial charge < -0.3 is 14.4 Å². The van der Waals surface area contributed by atoms with Crippen molar-refractivity contribution >= 4 is 23.4 Å². The number of nitrogens with zero attached hydrogens (tertiary/aromatic N) is 3. The number of hydrogen-bond acceptors (Lipinski definition) is 6. The molecule has 124 valence electrons. The zero-order valence-electron chi connectivity index (χ0n) is 13.4. The second-order valence-electron chi connectivity index (χ2n) is 5.20. The fourth-order valence-electron chi connectivity index (χ4n) is 2.72. The molecule has 0 aliphatic heterocycles. The molecule has 0 amide bonds. The molecule has 0 aliphatic rings. The van der Waals surface area contributed by atoms with Crippen molar-refractivity contribution in [2.24, 2.45) is 0 Å². The number of aryl methyl sites for hydroxylation is 2. The number of aromatic nitrogens is 3. The molecule has 24 heavy (non-hydrogen) atoms. The van der Waals surface area contributed by atoms with Crippen LogP contribution < -0.4 is 4.74 Å². The standard InChI is InChI=1S/C16H15N3O5/c1-4-23-15-17-14-11(7-20)5-10(6-12(14)19(15)16(21)22)13-8(2)18-24-9(13)3/h5-7H,4H2,1-3H3,(H,21,22). The number of rotatable bonds is 4. The maximum absolute atomic E-state index is 11.6. The minimum atomic E-state index is -1.24. The zero-order chi connectivity index (χ0) is 17.4. The van der Waals surface area contributed by atoms with Crippen molar-refractivity contribution in [1.29, 1.82) is 0 Å². The molecule has 0 radical (unpaired) electrons. The molecule has 1 N–H and O–H groups in total. The first-order valence-corrected chi connectivity index (χ1v) is 7.29. The van der Waals surface area contributed by atoms with E-state index < -0.39 is 6.09 Å². The van der Waals surface area contributed by atoms with Crippen molar-refractivity contribution in [1.82, 2.24) is 14.7 Å². The van der Waals surface area contributed by atoms with Crippen LogP contribution >= 0.6 is 0 Å². The highest BCUT2D eigenvalue weighted by Crippen LogP contribution is 2.33. The third-order valence-electron chi connectivity index (χ3n) is 3.67. The Hall–Kier alpha value is -3.16. The molecule has 0 fully saturated rings. The molecular weight excluding hydrogens is 314 g/mol. The van der Waals surface area contributed by atoms with E-state index >= 15 is 0 Å². The molecule has 0 atom stereocenters. The Bertz CT molecular complexity index is 935. The van der Waals surface area contributed by atoms with Gasteiger partial charge in [-0.1, -0.05) is 5.16 Å². The molecule has 3 rings (SSSR count). The van der Waals surface area contributed by atoms with Gasteiger partial charge in [0.25, 0.3) is 0 Å². The van der Waals surface area contributed by atoms with Crippen LogP contribution in [0.2, 0.25) is 0 Å². The maximum Gasteiger partial charge on any atom is 0.420 e. The molecule has 2 heterocycles. The van der Waals surface area contributed by atoms with Crippen LogP contribution in [0.1, 0.15) is 28.7 Å². The van der Waals surface area contributed by atoms with Crippen molar-refractivity contribution < 1.29 is 24.0 Å². The van der Waals surface area contributed by atoms with Crippen LogP contribution in [-0.4, -0.2) is 38.8 Å². The first kappa shape index (κ1) is 15.7. The largest absolute Gasteiger partial charge is 0.465 e. The molecule has 0 unspecified atom stereocenters. The molecule has 2 aromatic heterocycles. The van der Waals surface area contributed by atoms with Crippen molar-refractivity contribution in [2.75, 3.05) is 6.61 Å². The summed E-state index contributed by atoms with van der Waals surface area (Å²) in [5, 5.41) is 13.4. The lowest BCUT2D eigenvalue weighted by Crippen LogP contribution is -2.11. The topological polar surface area (TPSA) is 107 Å². The number of carboxylic acid groups (broad SMARTS) is 1. The number of imidazole rings is 1. The molecule has 0 saturated carbocycles. The monoisotopic (exact) mass is 329 g/mol. The second kappa shape index (κ2) is 5.80. The van der Waals surface area contributed by atoms with Gasteiger partial charge in [-0.25, -0.2) is 4.79 Å². The molecule has 8 nitrogen and oxygen atoms in total. The van der Waals surface area contributed by atoms with E-state index in [1.807, 2.05) is 0 Å². The number of benzene rings is 1. The highest BCUT2D eigenvalue weighted by atomic mass is 16.5. The molecular formula is C16H15N3O5. The zero-order valence-corrected chi connectivity index (χ0v) is 13.4. The van der Waals surface area contributed by atoms with Gasteiger partial charge in [0.05, 0.1) is 17.8 Å². The fraction of sp³-hybridized carbons (Fsp3) is 0.250. The summed E-state index contributed by atoms with van der Waals surface area (Å²) in [6, 6.07) is 3.20. The van der Waals surface area contributed by atoms with E-state index in [-0.39, 0.29) is 29.2 Å². The van der Waals surface area contributed by atoms with E-state index in [9.17, 15) is 14.7 Å². The normalized spacial score (nSPS) is 11.0. The van der Waals surface area contributed by atoms with E-state index in [0.29, 0.717) is 23.3 Å². The summed E-state index contributed by atoms with van der Waals surface area (Å²) in [6.07, 6.45) is -0.604. The van der Waals surface area contributed by atoms with Crippen LogP contribution in [0, 0.1) is 13.8 Å². The van der Waals surface area contributed by atoms with Gasteiger partial charge in [0, 0.05) is 11.1 Å². The third-order valence-corrected chi connectivity index (χ3v) is 3.67. The first-order chi connectivity index (χ1) is 11.5. The number of ether oxygens (including phenoxy) is 1. The van der Waals surface area contributed by atoms with Gasteiger partial charge in [-0.15, -0.1) is 0 Å². The molecule has 8 heteroatoms. The van der Waals surface area contributed by atoms with E-state index in [2.05, 4.69) is 10.1 Å². The molecule has 0 spiro atoms. The van der Waals surface area contributed by atoms with Gasteiger partial charge in [0.15, 0.2) is 6.29 Å². The van der Waals surface area contributed by atoms with Crippen molar-refractivity contribution in [3.05, 3.63) is 29.2 Å². The number of carbonyl (C=O) groups is 2. The Kier molecular flexibility index (Phi) is 3.80. The van der Waals surface area contributed by atoms with Crippen molar-refractivity contribution in [2.45, 2.75) is 20.8 Å². The fourth-order valence-corrected chi connectivity index (χ4v) is 2.72. The van der Waals surface area contributed by atoms with Gasteiger partial charge in [-0.05, 0) is 38.5 Å². The average molecular weight is 329 g/mol. The van der Waals surface area contributed by atoms with Crippen LogP contribution in [0.4, 0.5) is 4.79 Å². The molecule has 1 aromatic carbocycles. The number of fused-ring (bicyclic) bond motifs is 1. The van der Waals surface area contributed by atoms with E-state index in [4.69, 9.17) is 9.26 Å². The second-order valence-corrected chi connectivity index (χ2v) is 5.20. The number of aldehydes is 1. The van der Waals surface area contributed by atoms with E-state index in [1.54, 1.807) is 32.9 Å². The predicted molar refractivity (Wildman–Crippen MR) is 84.7 cm³/mol. The Labute approximate surface area is 136 Å². The summed E-state index contributed by atoms with van der Waals surface area (Å²) in [7, 11) is 0. The first-order valence-electron chi connectivity index (χ1n) is 7.29. The van der Waals surface area contributed by atoms with Gasteiger partial charge in [-0.3, -0.25) is 4.79 Å². The van der Waals surface area contributed by atoms with Crippen LogP contribution in [0.15, 0.2) is 16.7 Å². The van der Waals surface area contributed by atoms with Crippen LogP contribution in [0.5, 0.6) is 6.01 Å². The summed E-state index contributed by atoms with van der Waals surface area (Å²) < 4.78 is 11.4. The summed E-state index contributed by atoms with van der Waals surface area (Å²) in [6.45, 7) is 5.50. The van der Waals surface area contributed by atoms with Gasteiger partial charge in [-0.2, -0.15) is 9.55 Å². The quantitative estimate of drug-likeness (QED) is 0.733. The van der Waals surface area contributed by atoms with Crippen LogP contribution in [-0.2, 0) is 0 Å². The highest BCUT2D eigenvalue weighted by Gasteiger charge is 2.22. The minimum absolute atomic E-state index is 0.0704. The maximum atomic E-state index is 11.6. The highest BCUT2D eigenvalue weighted by molar-refractivity contribution is 6.01. The average Bonchev–Trinajstić information content (AvgIpc) is 3.06. The van der Waals surface area contributed by atoms with Gasteiger partial charge in [0.1, 0.15) is 11.3 Å². The van der Waals surface area contributed by atoms with Crippen molar-refractivity contribution in [3.63, 3.8) is 0 Å². The lowest BCUT2D eigenvalue weighted by Gasteiger charge is -2.05. The van der Waals surface area contributed by atoms with E-state index in [0.717, 1.165) is 10.1 Å². The van der Waals surface area contributed by atoms with Crippen LogP contribution in [0.3, 0.4) is 0 Å². The Balaban J connectivity index is 2.37. The molecule has 3 aromatic rings. The minimum Gasteiger partial charge on any atom is -0.465 e. The molecule has 0 saturated heterocycles. The lowest BCUT2D eigenvalue weighted by molar-refractivity contribution is 0.112. The Morgan fingerprint density at radius 3 is 2.71 bits per heavy atom. The summed E-state index contributed by atoms with van der Waals surface area (Å²) in [5.41, 5.74) is 2.80. The summed E-state index contributed by atoms with van der Waals surface area (Å²) in [4.78, 5) is 27.3. The van der Waals surface area contributed by atoms with E-state index in [1.165, 1.54) is 0 Å². The SMILES string of the molecule is CCOc1nc2c(C=O)cc(-c3c(C)noc3C)cc2n1C(=O)O. The van der Waals surface area contributed by atoms with Gasteiger partial charge in [0.2, 0.25) is 0 Å². The van der Waals surface area contributed by atoms with Crippen molar-refractivity contribution in [3.8, 4) is 17.1 Å². The number of carbonyl (C=O) groups excluding carboxylic acids is 1. The Morgan fingerprint density at radius 2 is 2.17 bits per heavy atom. The molecule has 0 bridgehead atoms.